The highest BCUT2D eigenvalue weighted by Gasteiger charge is 2.19. The highest BCUT2D eigenvalue weighted by molar-refractivity contribution is 5.78. The third-order valence-electron chi connectivity index (χ3n) is 4.44. The van der Waals surface area contributed by atoms with Gasteiger partial charge in [0.25, 0.3) is 5.91 Å². The van der Waals surface area contributed by atoms with E-state index in [1.807, 2.05) is 49.4 Å². The van der Waals surface area contributed by atoms with E-state index in [0.29, 0.717) is 32.1 Å². The Hall–Kier alpha value is -2.69. The number of rotatable bonds is 7. The number of benzene rings is 2. The zero-order valence-electron chi connectivity index (χ0n) is 15.4. The summed E-state index contributed by atoms with van der Waals surface area (Å²) in [4.78, 5) is 14.3. The fraction of sp³-hybridized carbons (Fsp3) is 0.381. The van der Waals surface area contributed by atoms with Crippen LogP contribution >= 0.6 is 0 Å². The molecule has 0 atom stereocenters. The second kappa shape index (κ2) is 8.61. The van der Waals surface area contributed by atoms with Gasteiger partial charge in [0, 0.05) is 18.7 Å². The van der Waals surface area contributed by atoms with Crippen LogP contribution in [-0.2, 0) is 17.8 Å². The molecule has 0 saturated heterocycles. The first kappa shape index (κ1) is 18.1. The van der Waals surface area contributed by atoms with Crippen molar-refractivity contribution in [3.8, 4) is 17.2 Å². The third kappa shape index (κ3) is 4.28. The molecule has 26 heavy (non-hydrogen) atoms. The highest BCUT2D eigenvalue weighted by atomic mass is 16.6. The zero-order valence-corrected chi connectivity index (χ0v) is 15.4. The lowest BCUT2D eigenvalue weighted by Gasteiger charge is -2.25. The fourth-order valence-electron chi connectivity index (χ4n) is 2.90. The monoisotopic (exact) mass is 355 g/mol. The minimum absolute atomic E-state index is 0.0195. The lowest BCUT2D eigenvalue weighted by molar-refractivity contribution is -0.133. The number of para-hydroxylation sites is 1. The number of carbonyl (C=O) groups is 1. The number of aryl methyl sites for hydroxylation is 1. The van der Waals surface area contributed by atoms with Crippen molar-refractivity contribution in [2.75, 3.05) is 26.4 Å². The summed E-state index contributed by atoms with van der Waals surface area (Å²) in [6.45, 7) is 6.24. The van der Waals surface area contributed by atoms with E-state index in [1.165, 1.54) is 5.56 Å². The Kier molecular flexibility index (Phi) is 6.00. The number of nitrogens with zero attached hydrogens (tertiary/aromatic N) is 1. The Bertz CT molecular complexity index is 742. The summed E-state index contributed by atoms with van der Waals surface area (Å²) < 4.78 is 17.0. The predicted octanol–water partition coefficient (Wildman–Crippen LogP) is 3.45. The first-order valence-corrected chi connectivity index (χ1v) is 9.08. The molecule has 0 unspecified atom stereocenters. The summed E-state index contributed by atoms with van der Waals surface area (Å²) in [7, 11) is 0. The van der Waals surface area contributed by atoms with Crippen LogP contribution in [0.15, 0.2) is 42.5 Å². The molecule has 2 aromatic carbocycles. The van der Waals surface area contributed by atoms with Gasteiger partial charge in [-0.2, -0.15) is 0 Å². The third-order valence-corrected chi connectivity index (χ3v) is 4.44. The van der Waals surface area contributed by atoms with Gasteiger partial charge in [0.1, 0.15) is 19.0 Å². The molecule has 138 valence electrons. The molecule has 0 spiro atoms. The van der Waals surface area contributed by atoms with Crippen LogP contribution in [0.2, 0.25) is 0 Å². The van der Waals surface area contributed by atoms with E-state index in [4.69, 9.17) is 14.2 Å². The van der Waals surface area contributed by atoms with Gasteiger partial charge < -0.3 is 19.1 Å². The molecule has 0 saturated carbocycles. The molecule has 1 heterocycles. The van der Waals surface area contributed by atoms with Crippen molar-refractivity contribution >= 4 is 5.91 Å². The van der Waals surface area contributed by atoms with Crippen LogP contribution in [0.25, 0.3) is 0 Å². The molecule has 2 aromatic rings. The Morgan fingerprint density at radius 3 is 2.58 bits per heavy atom. The Morgan fingerprint density at radius 2 is 1.85 bits per heavy atom. The summed E-state index contributed by atoms with van der Waals surface area (Å²) in [5, 5.41) is 0. The smallest absolute Gasteiger partial charge is 0.260 e. The van der Waals surface area contributed by atoms with Crippen LogP contribution in [0, 0.1) is 0 Å². The van der Waals surface area contributed by atoms with Gasteiger partial charge in [0.15, 0.2) is 18.1 Å². The summed E-state index contributed by atoms with van der Waals surface area (Å²) >= 11 is 0. The van der Waals surface area contributed by atoms with Crippen molar-refractivity contribution in [3.63, 3.8) is 0 Å². The van der Waals surface area contributed by atoms with Crippen molar-refractivity contribution < 1.29 is 19.0 Å². The Labute approximate surface area is 154 Å². The molecular formula is C21H25NO4. The van der Waals surface area contributed by atoms with Gasteiger partial charge in [-0.1, -0.05) is 31.2 Å². The molecule has 1 amide bonds. The molecule has 3 rings (SSSR count). The maximum absolute atomic E-state index is 12.6. The van der Waals surface area contributed by atoms with Gasteiger partial charge >= 0.3 is 0 Å². The maximum atomic E-state index is 12.6. The van der Waals surface area contributed by atoms with Crippen molar-refractivity contribution in [2.45, 2.75) is 26.8 Å². The number of hydrogen-bond acceptors (Lipinski definition) is 4. The average Bonchev–Trinajstić information content (AvgIpc) is 2.70. The normalized spacial score (nSPS) is 12.5. The quantitative estimate of drug-likeness (QED) is 0.763. The molecule has 1 aliphatic heterocycles. The second-order valence-electron chi connectivity index (χ2n) is 6.14. The first-order chi connectivity index (χ1) is 12.7. The van der Waals surface area contributed by atoms with Gasteiger partial charge in [-0.25, -0.2) is 0 Å². The fourth-order valence-corrected chi connectivity index (χ4v) is 2.90. The molecule has 0 bridgehead atoms. The van der Waals surface area contributed by atoms with Gasteiger partial charge in [-0.15, -0.1) is 0 Å². The topological polar surface area (TPSA) is 48.0 Å². The van der Waals surface area contributed by atoms with E-state index < -0.39 is 0 Å². The van der Waals surface area contributed by atoms with Gasteiger partial charge in [-0.05, 0) is 37.1 Å². The number of amides is 1. The molecule has 1 aliphatic rings. The summed E-state index contributed by atoms with van der Waals surface area (Å²) in [6.07, 6.45) is 0.982. The molecule has 0 fully saturated rings. The minimum Gasteiger partial charge on any atom is -0.486 e. The van der Waals surface area contributed by atoms with Crippen LogP contribution in [0.5, 0.6) is 17.2 Å². The molecule has 0 radical (unpaired) electrons. The molecule has 0 aromatic heterocycles. The van der Waals surface area contributed by atoms with Crippen LogP contribution in [0.1, 0.15) is 25.0 Å². The summed E-state index contributed by atoms with van der Waals surface area (Å²) in [6, 6.07) is 13.6. The second-order valence-corrected chi connectivity index (χ2v) is 6.14. The number of ether oxygens (including phenoxy) is 3. The van der Waals surface area contributed by atoms with E-state index in [9.17, 15) is 4.79 Å². The Balaban J connectivity index is 1.62. The predicted molar refractivity (Wildman–Crippen MR) is 99.8 cm³/mol. The number of likely N-dealkylation sites (N-methyl/N-ethyl adjacent to an activating group) is 1. The van der Waals surface area contributed by atoms with Gasteiger partial charge in [0.05, 0.1) is 0 Å². The molecule has 0 aliphatic carbocycles. The molecule has 0 N–H and O–H groups in total. The highest BCUT2D eigenvalue weighted by Crippen LogP contribution is 2.34. The van der Waals surface area contributed by atoms with Crippen molar-refractivity contribution in [3.05, 3.63) is 53.6 Å². The zero-order chi connectivity index (χ0) is 18.4. The van der Waals surface area contributed by atoms with Crippen LogP contribution in [-0.4, -0.2) is 37.2 Å². The van der Waals surface area contributed by atoms with Crippen molar-refractivity contribution in [1.82, 2.24) is 4.90 Å². The number of carbonyl (C=O) groups excluding carboxylic acids is 1. The van der Waals surface area contributed by atoms with Gasteiger partial charge in [-0.3, -0.25) is 4.79 Å². The minimum atomic E-state index is -0.0543. The SMILES string of the molecule is CCc1ccc(OCC(=O)N(CC)Cc2cccc3c2OCCO3)cc1. The van der Waals surface area contributed by atoms with Crippen LogP contribution in [0.4, 0.5) is 0 Å². The van der Waals surface area contributed by atoms with E-state index in [2.05, 4.69) is 6.92 Å². The van der Waals surface area contributed by atoms with Crippen LogP contribution < -0.4 is 14.2 Å². The summed E-state index contributed by atoms with van der Waals surface area (Å²) in [5.74, 6) is 2.13. The van der Waals surface area contributed by atoms with Crippen molar-refractivity contribution in [1.29, 1.82) is 0 Å². The average molecular weight is 355 g/mol. The van der Waals surface area contributed by atoms with E-state index >= 15 is 0 Å². The standard InChI is InChI=1S/C21H25NO4/c1-3-16-8-10-18(11-9-16)26-15-20(23)22(4-2)14-17-6-5-7-19-21(17)25-13-12-24-19/h5-11H,3-4,12-15H2,1-2H3. The van der Waals surface area contributed by atoms with Crippen molar-refractivity contribution in [2.24, 2.45) is 0 Å². The molecule has 5 heteroatoms. The largest absolute Gasteiger partial charge is 0.486 e. The summed E-state index contributed by atoms with van der Waals surface area (Å²) in [5.41, 5.74) is 2.19. The Morgan fingerprint density at radius 1 is 1.08 bits per heavy atom. The van der Waals surface area contributed by atoms with E-state index in [-0.39, 0.29) is 12.5 Å². The molecular weight excluding hydrogens is 330 g/mol. The van der Waals surface area contributed by atoms with Crippen LogP contribution in [0.3, 0.4) is 0 Å². The maximum Gasteiger partial charge on any atom is 0.260 e. The van der Waals surface area contributed by atoms with E-state index in [0.717, 1.165) is 23.5 Å². The van der Waals surface area contributed by atoms with E-state index in [1.54, 1.807) is 4.90 Å². The molecule has 5 nitrogen and oxygen atoms in total. The first-order valence-electron chi connectivity index (χ1n) is 9.08. The lowest BCUT2D eigenvalue weighted by atomic mass is 10.1. The lowest BCUT2D eigenvalue weighted by Crippen LogP contribution is -2.34. The number of hydrogen-bond donors (Lipinski definition) is 0. The number of fused-ring (bicyclic) bond motifs is 1. The van der Waals surface area contributed by atoms with Gasteiger partial charge in [0.2, 0.25) is 0 Å².